The van der Waals surface area contributed by atoms with Crippen LogP contribution < -0.4 is 0 Å². The maximum absolute atomic E-state index is 8.78. The molecule has 0 saturated carbocycles. The first-order chi connectivity index (χ1) is 9.09. The summed E-state index contributed by atoms with van der Waals surface area (Å²) in [6.45, 7) is 0. The number of halogens is 1. The second-order valence-corrected chi connectivity index (χ2v) is 4.78. The van der Waals surface area contributed by atoms with Gasteiger partial charge in [-0.3, -0.25) is 9.97 Å². The SMILES string of the molecule is Clc1cc2cccnc2c2ncccc12.[O]=[V]([OH])[OH]. The Bertz CT molecular complexity index is 747. The molecule has 0 unspecified atom stereocenters. The molecule has 0 amide bonds. The standard InChI is InChI=1S/C12H7ClN2.2H2O.O.V/c13-10-7-8-3-1-5-14-11(8)12-9(10)4-2-6-15-12;;;;/h1-7H;2*1H2;;/q;;;;+2/p-2. The minimum absolute atomic E-state index is 0.721. The summed E-state index contributed by atoms with van der Waals surface area (Å²) >= 11 is 2.73. The number of hydrogen-bond donors (Lipinski definition) is 2. The van der Waals surface area contributed by atoms with Crippen molar-refractivity contribution < 1.29 is 27.5 Å². The fourth-order valence-corrected chi connectivity index (χ4v) is 2.00. The van der Waals surface area contributed by atoms with Gasteiger partial charge in [-0.15, -0.1) is 0 Å². The van der Waals surface area contributed by atoms with E-state index in [-0.39, 0.29) is 0 Å². The van der Waals surface area contributed by atoms with E-state index >= 15 is 0 Å². The van der Waals surface area contributed by atoms with Gasteiger partial charge >= 0.3 is 27.5 Å². The van der Waals surface area contributed by atoms with E-state index in [2.05, 4.69) is 9.97 Å². The van der Waals surface area contributed by atoms with Crippen LogP contribution in [0.2, 0.25) is 5.02 Å². The Balaban J connectivity index is 0.000000297. The molecule has 0 fully saturated rings. The van der Waals surface area contributed by atoms with E-state index in [9.17, 15) is 0 Å². The van der Waals surface area contributed by atoms with Gasteiger partial charge < -0.3 is 0 Å². The van der Waals surface area contributed by atoms with Crippen LogP contribution in [0.5, 0.6) is 0 Å². The number of fused-ring (bicyclic) bond motifs is 3. The average molecular weight is 316 g/mol. The van der Waals surface area contributed by atoms with Crippen LogP contribution >= 0.6 is 11.6 Å². The van der Waals surface area contributed by atoms with Gasteiger partial charge in [-0.1, -0.05) is 17.7 Å². The van der Waals surface area contributed by atoms with Crippen LogP contribution in [0, 0.1) is 0 Å². The fraction of sp³-hybridized carbons (Fsp3) is 0. The van der Waals surface area contributed by atoms with Gasteiger partial charge in [-0.25, -0.2) is 0 Å². The first-order valence-corrected chi connectivity index (χ1v) is 7.42. The molecule has 5 nitrogen and oxygen atoms in total. The third-order valence-electron chi connectivity index (χ3n) is 2.41. The van der Waals surface area contributed by atoms with Crippen molar-refractivity contribution in [2.75, 3.05) is 0 Å². The van der Waals surface area contributed by atoms with Crippen molar-refractivity contribution in [1.82, 2.24) is 9.97 Å². The van der Waals surface area contributed by atoms with Crippen LogP contribution in [0.25, 0.3) is 21.8 Å². The fourth-order valence-electron chi connectivity index (χ4n) is 1.73. The zero-order valence-corrected chi connectivity index (χ0v) is 11.7. The quantitative estimate of drug-likeness (QED) is 0.621. The molecule has 2 N–H and O–H groups in total. The van der Waals surface area contributed by atoms with E-state index in [1.54, 1.807) is 12.4 Å². The third-order valence-corrected chi connectivity index (χ3v) is 2.72. The van der Waals surface area contributed by atoms with Crippen molar-refractivity contribution in [1.29, 1.82) is 0 Å². The van der Waals surface area contributed by atoms with Crippen LogP contribution in [-0.4, -0.2) is 18.0 Å². The summed E-state index contributed by atoms with van der Waals surface area (Å²) < 4.78 is 23.2. The molecule has 2 aromatic heterocycles. The Hall–Kier alpha value is -1.37. The molecule has 7 heteroatoms. The van der Waals surface area contributed by atoms with Crippen molar-refractivity contribution in [3.63, 3.8) is 0 Å². The number of rotatable bonds is 0. The second kappa shape index (κ2) is 6.19. The molecule has 2 heterocycles. The summed E-state index contributed by atoms with van der Waals surface area (Å²) in [4.78, 5) is 8.65. The summed E-state index contributed by atoms with van der Waals surface area (Å²) in [5, 5.41) is 2.69. The zero-order valence-electron chi connectivity index (χ0n) is 9.56. The van der Waals surface area contributed by atoms with Gasteiger partial charge in [0.05, 0.1) is 16.1 Å². The average Bonchev–Trinajstić information content (AvgIpc) is 2.39. The first kappa shape index (κ1) is 14.1. The van der Waals surface area contributed by atoms with Gasteiger partial charge in [0.15, 0.2) is 0 Å². The molecule has 0 radical (unpaired) electrons. The van der Waals surface area contributed by atoms with Crippen molar-refractivity contribution in [2.45, 2.75) is 0 Å². The zero-order chi connectivity index (χ0) is 13.8. The van der Waals surface area contributed by atoms with Gasteiger partial charge in [0, 0.05) is 23.2 Å². The Morgan fingerprint density at radius 1 is 1.05 bits per heavy atom. The van der Waals surface area contributed by atoms with Crippen molar-refractivity contribution in [3.8, 4) is 0 Å². The van der Waals surface area contributed by atoms with E-state index in [0.29, 0.717) is 0 Å². The van der Waals surface area contributed by atoms with Crippen LogP contribution in [0.4, 0.5) is 0 Å². The van der Waals surface area contributed by atoms with E-state index in [1.807, 2.05) is 30.3 Å². The van der Waals surface area contributed by atoms with Gasteiger partial charge in [-0.05, 0) is 24.3 Å². The predicted octanol–water partition coefficient (Wildman–Crippen LogP) is 2.20. The van der Waals surface area contributed by atoms with Crippen molar-refractivity contribution in [2.24, 2.45) is 0 Å². The Kier molecular flexibility index (Phi) is 4.58. The number of hydrogen-bond acceptors (Lipinski definition) is 3. The molecule has 3 aromatic rings. The molecular weight excluding hydrogens is 307 g/mol. The second-order valence-electron chi connectivity index (χ2n) is 3.59. The minimum atomic E-state index is -3.44. The molecule has 0 aliphatic heterocycles. The Labute approximate surface area is 119 Å². The van der Waals surface area contributed by atoms with Crippen molar-refractivity contribution >= 4 is 33.4 Å². The number of aromatic nitrogens is 2. The first-order valence-electron chi connectivity index (χ1n) is 5.22. The van der Waals surface area contributed by atoms with E-state index in [0.717, 1.165) is 26.8 Å². The third kappa shape index (κ3) is 3.35. The molecule has 0 saturated heterocycles. The summed E-state index contributed by atoms with van der Waals surface area (Å²) in [7, 11) is 0. The van der Waals surface area contributed by atoms with Crippen LogP contribution in [0.3, 0.4) is 0 Å². The van der Waals surface area contributed by atoms with E-state index in [4.69, 9.17) is 23.3 Å². The van der Waals surface area contributed by atoms with Crippen LogP contribution in [0.1, 0.15) is 0 Å². The van der Waals surface area contributed by atoms with E-state index in [1.165, 1.54) is 0 Å². The van der Waals surface area contributed by atoms with Gasteiger partial charge in [0.2, 0.25) is 0 Å². The Morgan fingerprint density at radius 2 is 1.63 bits per heavy atom. The molecule has 0 atom stereocenters. The molecule has 97 valence electrons. The number of pyridine rings is 2. The van der Waals surface area contributed by atoms with E-state index < -0.39 is 15.8 Å². The summed E-state index contributed by atoms with van der Waals surface area (Å²) in [6.07, 6.45) is 3.52. The normalized spacial score (nSPS) is 10.1. The topological polar surface area (TPSA) is 83.3 Å². The predicted molar refractivity (Wildman–Crippen MR) is 67.2 cm³/mol. The molecule has 0 bridgehead atoms. The summed E-state index contributed by atoms with van der Waals surface area (Å²) in [5.41, 5.74) is 1.76. The van der Waals surface area contributed by atoms with Crippen LogP contribution in [-0.2, 0) is 19.5 Å². The Morgan fingerprint density at radius 3 is 2.32 bits per heavy atom. The maximum atomic E-state index is 8.78. The van der Waals surface area contributed by atoms with Gasteiger partial charge in [0.1, 0.15) is 0 Å². The molecule has 1 aromatic carbocycles. The van der Waals surface area contributed by atoms with Gasteiger partial charge in [0.25, 0.3) is 0 Å². The number of benzene rings is 1. The summed E-state index contributed by atoms with van der Waals surface area (Å²) in [6, 6.07) is 9.64. The molecule has 3 rings (SSSR count). The molecule has 0 aliphatic rings. The van der Waals surface area contributed by atoms with Crippen LogP contribution in [0.15, 0.2) is 42.7 Å². The summed E-state index contributed by atoms with van der Waals surface area (Å²) in [5.74, 6) is 0. The molecule has 0 spiro atoms. The molecule has 19 heavy (non-hydrogen) atoms. The molecular formula is C12H9ClN2O3V. The number of nitrogens with zero attached hydrogens (tertiary/aromatic N) is 2. The van der Waals surface area contributed by atoms with Crippen molar-refractivity contribution in [3.05, 3.63) is 47.7 Å². The molecule has 0 aliphatic carbocycles. The monoisotopic (exact) mass is 315 g/mol. The van der Waals surface area contributed by atoms with Gasteiger partial charge in [-0.2, -0.15) is 0 Å².